The standard InChI is InChI=1S/C12H13F4N/c1-2-3-4-11(17)8-5-6-9(10(13)7-8)12(14,15)16/h2,5-7,11H,1,3-4,17H2/t11-/m1/s1. The number of alkyl halides is 3. The summed E-state index contributed by atoms with van der Waals surface area (Å²) >= 11 is 0. The van der Waals surface area contributed by atoms with E-state index in [4.69, 9.17) is 5.73 Å². The van der Waals surface area contributed by atoms with Gasteiger partial charge in [0.1, 0.15) is 5.82 Å². The van der Waals surface area contributed by atoms with Crippen LogP contribution in [0, 0.1) is 5.82 Å². The minimum atomic E-state index is -4.67. The summed E-state index contributed by atoms with van der Waals surface area (Å²) in [6, 6.07) is 2.29. The molecule has 2 N–H and O–H groups in total. The number of rotatable bonds is 4. The van der Waals surface area contributed by atoms with Crippen LogP contribution in [0.3, 0.4) is 0 Å². The summed E-state index contributed by atoms with van der Waals surface area (Å²) in [7, 11) is 0. The Bertz CT molecular complexity index is 398. The SMILES string of the molecule is C=CCC[C@@H](N)c1ccc(C(F)(F)F)c(F)c1. The summed E-state index contributed by atoms with van der Waals surface area (Å²) < 4.78 is 50.1. The fourth-order valence-corrected chi connectivity index (χ4v) is 1.46. The molecule has 17 heavy (non-hydrogen) atoms. The molecule has 1 aromatic carbocycles. The van der Waals surface area contributed by atoms with Gasteiger partial charge in [0.15, 0.2) is 0 Å². The van der Waals surface area contributed by atoms with Crippen molar-refractivity contribution in [1.29, 1.82) is 0 Å². The molecule has 1 aromatic rings. The van der Waals surface area contributed by atoms with Crippen molar-refractivity contribution in [1.82, 2.24) is 0 Å². The minimum absolute atomic E-state index is 0.359. The van der Waals surface area contributed by atoms with Crippen molar-refractivity contribution in [2.75, 3.05) is 0 Å². The van der Waals surface area contributed by atoms with Gasteiger partial charge in [-0.3, -0.25) is 0 Å². The highest BCUT2D eigenvalue weighted by molar-refractivity contribution is 5.28. The molecule has 0 unspecified atom stereocenters. The summed E-state index contributed by atoms with van der Waals surface area (Å²) in [6.45, 7) is 3.51. The zero-order chi connectivity index (χ0) is 13.1. The van der Waals surface area contributed by atoms with E-state index in [0.717, 1.165) is 12.1 Å². The van der Waals surface area contributed by atoms with Crippen LogP contribution in [0.4, 0.5) is 17.6 Å². The van der Waals surface area contributed by atoms with Gasteiger partial charge in [0.2, 0.25) is 0 Å². The highest BCUT2D eigenvalue weighted by atomic mass is 19.4. The molecule has 94 valence electrons. The molecule has 0 aromatic heterocycles. The Morgan fingerprint density at radius 2 is 2.00 bits per heavy atom. The number of allylic oxidation sites excluding steroid dienone is 1. The molecule has 0 aliphatic carbocycles. The highest BCUT2D eigenvalue weighted by Gasteiger charge is 2.34. The van der Waals surface area contributed by atoms with Crippen LogP contribution in [0.2, 0.25) is 0 Å². The maximum absolute atomic E-state index is 13.2. The topological polar surface area (TPSA) is 26.0 Å². The van der Waals surface area contributed by atoms with Gasteiger partial charge in [-0.05, 0) is 30.5 Å². The quantitative estimate of drug-likeness (QED) is 0.635. The second kappa shape index (κ2) is 5.31. The van der Waals surface area contributed by atoms with Crippen molar-refractivity contribution < 1.29 is 17.6 Å². The second-order valence-corrected chi connectivity index (χ2v) is 3.71. The lowest BCUT2D eigenvalue weighted by atomic mass is 10.0. The molecule has 1 nitrogen and oxygen atoms in total. The van der Waals surface area contributed by atoms with E-state index in [2.05, 4.69) is 6.58 Å². The van der Waals surface area contributed by atoms with E-state index >= 15 is 0 Å². The molecule has 0 amide bonds. The highest BCUT2D eigenvalue weighted by Crippen LogP contribution is 2.32. The normalized spacial score (nSPS) is 13.5. The number of hydrogen-bond donors (Lipinski definition) is 1. The van der Waals surface area contributed by atoms with E-state index in [1.54, 1.807) is 6.08 Å². The Morgan fingerprint density at radius 1 is 1.35 bits per heavy atom. The molecule has 1 rings (SSSR count). The number of benzene rings is 1. The molecule has 0 radical (unpaired) electrons. The summed E-state index contributed by atoms with van der Waals surface area (Å²) in [6.07, 6.45) is -1.87. The summed E-state index contributed by atoms with van der Waals surface area (Å²) in [4.78, 5) is 0. The van der Waals surface area contributed by atoms with E-state index in [1.807, 2.05) is 0 Å². The average Bonchev–Trinajstić information content (AvgIpc) is 2.23. The third-order valence-electron chi connectivity index (χ3n) is 2.41. The van der Waals surface area contributed by atoms with E-state index in [-0.39, 0.29) is 0 Å². The van der Waals surface area contributed by atoms with Crippen molar-refractivity contribution >= 4 is 0 Å². The first-order valence-corrected chi connectivity index (χ1v) is 5.09. The van der Waals surface area contributed by atoms with Gasteiger partial charge in [-0.15, -0.1) is 6.58 Å². The number of halogens is 4. The van der Waals surface area contributed by atoms with Crippen molar-refractivity contribution in [3.8, 4) is 0 Å². The van der Waals surface area contributed by atoms with Gasteiger partial charge in [-0.1, -0.05) is 12.1 Å². The Labute approximate surface area is 96.9 Å². The Balaban J connectivity index is 2.92. The molecule has 0 heterocycles. The van der Waals surface area contributed by atoms with Gasteiger partial charge in [-0.25, -0.2) is 4.39 Å². The van der Waals surface area contributed by atoms with Crippen LogP contribution >= 0.6 is 0 Å². The number of hydrogen-bond acceptors (Lipinski definition) is 1. The van der Waals surface area contributed by atoms with Crippen LogP contribution in [0.1, 0.15) is 30.0 Å². The van der Waals surface area contributed by atoms with Crippen molar-refractivity contribution in [3.05, 3.63) is 47.8 Å². The van der Waals surface area contributed by atoms with E-state index in [1.165, 1.54) is 6.07 Å². The van der Waals surface area contributed by atoms with Crippen molar-refractivity contribution in [3.63, 3.8) is 0 Å². The Hall–Kier alpha value is -1.36. The van der Waals surface area contributed by atoms with Crippen LogP contribution in [-0.4, -0.2) is 0 Å². The fourth-order valence-electron chi connectivity index (χ4n) is 1.46. The second-order valence-electron chi connectivity index (χ2n) is 3.71. The Kier molecular flexibility index (Phi) is 4.28. The molecule has 0 fully saturated rings. The monoisotopic (exact) mass is 247 g/mol. The summed E-state index contributed by atoms with van der Waals surface area (Å²) in [5.41, 5.74) is 4.81. The Morgan fingerprint density at radius 3 is 2.47 bits per heavy atom. The van der Waals surface area contributed by atoms with Crippen LogP contribution in [-0.2, 0) is 6.18 Å². The third kappa shape index (κ3) is 3.56. The molecule has 1 atom stereocenters. The van der Waals surface area contributed by atoms with Crippen molar-refractivity contribution in [2.45, 2.75) is 25.1 Å². The summed E-state index contributed by atoms with van der Waals surface area (Å²) in [5.74, 6) is -1.29. The lowest BCUT2D eigenvalue weighted by Crippen LogP contribution is -2.13. The van der Waals surface area contributed by atoms with Gasteiger partial charge in [0.05, 0.1) is 5.56 Å². The van der Waals surface area contributed by atoms with Crippen molar-refractivity contribution in [2.24, 2.45) is 5.73 Å². The first-order chi connectivity index (χ1) is 7.86. The maximum Gasteiger partial charge on any atom is 0.419 e. The van der Waals surface area contributed by atoms with Gasteiger partial charge in [0, 0.05) is 6.04 Å². The fraction of sp³-hybridized carbons (Fsp3) is 0.333. The smallest absolute Gasteiger partial charge is 0.324 e. The average molecular weight is 247 g/mol. The molecule has 0 aliphatic heterocycles. The first-order valence-electron chi connectivity index (χ1n) is 5.09. The van der Waals surface area contributed by atoms with Gasteiger partial charge < -0.3 is 5.73 Å². The molecule has 0 spiro atoms. The van der Waals surface area contributed by atoms with E-state index < -0.39 is 23.6 Å². The van der Waals surface area contributed by atoms with E-state index in [0.29, 0.717) is 18.4 Å². The van der Waals surface area contributed by atoms with E-state index in [9.17, 15) is 17.6 Å². The largest absolute Gasteiger partial charge is 0.419 e. The summed E-state index contributed by atoms with van der Waals surface area (Å²) in [5, 5.41) is 0. The molecule has 0 bridgehead atoms. The van der Waals surface area contributed by atoms with Gasteiger partial charge in [0.25, 0.3) is 0 Å². The van der Waals surface area contributed by atoms with Gasteiger partial charge >= 0.3 is 6.18 Å². The molecular formula is C12H13F4N. The van der Waals surface area contributed by atoms with Crippen LogP contribution in [0.25, 0.3) is 0 Å². The van der Waals surface area contributed by atoms with Crippen LogP contribution in [0.5, 0.6) is 0 Å². The molecule has 5 heteroatoms. The number of nitrogens with two attached hydrogens (primary N) is 1. The predicted molar refractivity (Wildman–Crippen MR) is 57.8 cm³/mol. The predicted octanol–water partition coefficient (Wildman–Crippen LogP) is 3.81. The minimum Gasteiger partial charge on any atom is -0.324 e. The van der Waals surface area contributed by atoms with Gasteiger partial charge in [-0.2, -0.15) is 13.2 Å². The lowest BCUT2D eigenvalue weighted by molar-refractivity contribution is -0.140. The van der Waals surface area contributed by atoms with Crippen LogP contribution in [0.15, 0.2) is 30.9 Å². The zero-order valence-corrected chi connectivity index (χ0v) is 9.10. The zero-order valence-electron chi connectivity index (χ0n) is 9.10. The molecule has 0 saturated carbocycles. The molecule has 0 saturated heterocycles. The maximum atomic E-state index is 13.2. The van der Waals surface area contributed by atoms with Crippen LogP contribution < -0.4 is 5.73 Å². The molecule has 0 aliphatic rings. The third-order valence-corrected chi connectivity index (χ3v) is 2.41. The first kappa shape index (κ1) is 13.7. The lowest BCUT2D eigenvalue weighted by Gasteiger charge is -2.13. The molecular weight excluding hydrogens is 234 g/mol.